The third-order valence-electron chi connectivity index (χ3n) is 2.25. The second kappa shape index (κ2) is 4.10. The Bertz CT molecular complexity index is 511. The lowest BCUT2D eigenvalue weighted by molar-refractivity contribution is 0.582. The van der Waals surface area contributed by atoms with Crippen molar-refractivity contribution in [1.29, 1.82) is 0 Å². The molecule has 4 heteroatoms. The molecule has 4 nitrogen and oxygen atoms in total. The highest BCUT2D eigenvalue weighted by Gasteiger charge is 2.04. The first-order chi connectivity index (χ1) is 7.66. The fourth-order valence-electron chi connectivity index (χ4n) is 1.57. The number of nitrogens with zero attached hydrogens (tertiary/aromatic N) is 1. The van der Waals surface area contributed by atoms with E-state index in [0.29, 0.717) is 0 Å². The van der Waals surface area contributed by atoms with Crippen LogP contribution in [0.2, 0.25) is 0 Å². The summed E-state index contributed by atoms with van der Waals surface area (Å²) in [4.78, 5) is 3.98. The maximum absolute atomic E-state index is 5.34. The van der Waals surface area contributed by atoms with Gasteiger partial charge < -0.3 is 15.9 Å². The fourth-order valence-corrected chi connectivity index (χ4v) is 1.57. The van der Waals surface area contributed by atoms with Crippen molar-refractivity contribution >= 4 is 11.6 Å². The van der Waals surface area contributed by atoms with Gasteiger partial charge in [0.1, 0.15) is 5.76 Å². The Kier molecular flexibility index (Phi) is 2.64. The largest absolute Gasteiger partial charge is 0.464 e. The first-order valence-corrected chi connectivity index (χ1v) is 4.91. The number of rotatable bonds is 2. The van der Waals surface area contributed by atoms with Crippen molar-refractivity contribution in [2.45, 2.75) is 6.92 Å². The van der Waals surface area contributed by atoms with Crippen molar-refractivity contribution in [3.63, 3.8) is 0 Å². The topological polar surface area (TPSA) is 77.5 Å². The van der Waals surface area contributed by atoms with E-state index in [2.05, 4.69) is 4.99 Å². The molecule has 1 heterocycles. The molecule has 0 saturated carbocycles. The summed E-state index contributed by atoms with van der Waals surface area (Å²) in [7, 11) is 0. The van der Waals surface area contributed by atoms with Crippen molar-refractivity contribution in [3.05, 3.63) is 42.2 Å². The van der Waals surface area contributed by atoms with E-state index in [1.54, 1.807) is 6.26 Å². The molecule has 82 valence electrons. The Morgan fingerprint density at radius 3 is 2.62 bits per heavy atom. The van der Waals surface area contributed by atoms with Crippen LogP contribution in [0.15, 0.2) is 46.0 Å². The number of hydrogen-bond acceptors (Lipinski definition) is 2. The van der Waals surface area contributed by atoms with Crippen LogP contribution in [0.4, 0.5) is 5.69 Å². The molecule has 4 N–H and O–H groups in total. The average Bonchev–Trinajstić information content (AvgIpc) is 2.69. The van der Waals surface area contributed by atoms with Crippen LogP contribution in [-0.2, 0) is 0 Å². The summed E-state index contributed by atoms with van der Waals surface area (Å²) in [6, 6.07) is 9.49. The van der Waals surface area contributed by atoms with E-state index < -0.39 is 0 Å². The van der Waals surface area contributed by atoms with Crippen molar-refractivity contribution in [3.8, 4) is 11.3 Å². The molecule has 16 heavy (non-hydrogen) atoms. The number of aryl methyl sites for hydroxylation is 1. The zero-order valence-corrected chi connectivity index (χ0v) is 8.97. The molecule has 0 fully saturated rings. The van der Waals surface area contributed by atoms with E-state index in [1.165, 1.54) is 0 Å². The molecule has 0 aliphatic rings. The molecule has 0 unspecified atom stereocenters. The minimum absolute atomic E-state index is 0.0603. The molecule has 1 aromatic carbocycles. The van der Waals surface area contributed by atoms with Crippen LogP contribution < -0.4 is 11.5 Å². The molecule has 2 aromatic rings. The summed E-state index contributed by atoms with van der Waals surface area (Å²) in [5, 5.41) is 0. The summed E-state index contributed by atoms with van der Waals surface area (Å²) >= 11 is 0. The average molecular weight is 215 g/mol. The second-order valence-electron chi connectivity index (χ2n) is 3.51. The monoisotopic (exact) mass is 215 g/mol. The van der Waals surface area contributed by atoms with Gasteiger partial charge in [0.2, 0.25) is 0 Å². The Hall–Kier alpha value is -2.23. The number of benzene rings is 1. The van der Waals surface area contributed by atoms with E-state index >= 15 is 0 Å². The van der Waals surface area contributed by atoms with Gasteiger partial charge in [-0.3, -0.25) is 0 Å². The smallest absolute Gasteiger partial charge is 0.191 e. The van der Waals surface area contributed by atoms with E-state index in [9.17, 15) is 0 Å². The molecule has 0 radical (unpaired) electrons. The highest BCUT2D eigenvalue weighted by molar-refractivity contribution is 5.79. The van der Waals surface area contributed by atoms with Crippen LogP contribution in [-0.4, -0.2) is 5.96 Å². The molecular formula is C12H13N3O. The molecule has 0 saturated heterocycles. The van der Waals surface area contributed by atoms with Crippen LogP contribution in [0.1, 0.15) is 5.56 Å². The van der Waals surface area contributed by atoms with Crippen LogP contribution in [0.5, 0.6) is 0 Å². The number of hydrogen-bond donors (Lipinski definition) is 2. The van der Waals surface area contributed by atoms with E-state index in [1.807, 2.05) is 37.3 Å². The van der Waals surface area contributed by atoms with Gasteiger partial charge in [-0.25, -0.2) is 4.99 Å². The van der Waals surface area contributed by atoms with Gasteiger partial charge in [-0.05, 0) is 42.8 Å². The highest BCUT2D eigenvalue weighted by atomic mass is 16.3. The number of nitrogens with two attached hydrogens (primary N) is 2. The summed E-state index contributed by atoms with van der Waals surface area (Å²) in [6.07, 6.45) is 1.65. The Balaban J connectivity index is 2.42. The van der Waals surface area contributed by atoms with Gasteiger partial charge in [-0.1, -0.05) is 0 Å². The number of guanidine groups is 1. The van der Waals surface area contributed by atoms with Gasteiger partial charge in [0.15, 0.2) is 5.96 Å². The predicted octanol–water partition coefficient (Wildman–Crippen LogP) is 2.16. The third kappa shape index (κ3) is 2.06. The molecule has 0 spiro atoms. The molecule has 0 atom stereocenters. The third-order valence-corrected chi connectivity index (χ3v) is 2.25. The normalized spacial score (nSPS) is 10.1. The minimum Gasteiger partial charge on any atom is -0.464 e. The van der Waals surface area contributed by atoms with Gasteiger partial charge in [-0.15, -0.1) is 0 Å². The van der Waals surface area contributed by atoms with Crippen LogP contribution in [0.3, 0.4) is 0 Å². The van der Waals surface area contributed by atoms with Crippen LogP contribution in [0.25, 0.3) is 11.3 Å². The van der Waals surface area contributed by atoms with Gasteiger partial charge in [0, 0.05) is 5.56 Å². The summed E-state index contributed by atoms with van der Waals surface area (Å²) in [5.41, 5.74) is 13.5. The Labute approximate surface area is 93.6 Å². The maximum atomic E-state index is 5.34. The van der Waals surface area contributed by atoms with Crippen LogP contribution in [0, 0.1) is 6.92 Å². The Morgan fingerprint density at radius 1 is 1.25 bits per heavy atom. The molecule has 0 aliphatic heterocycles. The van der Waals surface area contributed by atoms with E-state index in [4.69, 9.17) is 15.9 Å². The molecule has 0 aliphatic carbocycles. The summed E-state index contributed by atoms with van der Waals surface area (Å²) in [5.74, 6) is 0.902. The SMILES string of the molecule is Cc1cc(N=C(N)N)ccc1-c1ccco1. The fraction of sp³-hybridized carbons (Fsp3) is 0.0833. The molecule has 0 bridgehead atoms. The van der Waals surface area contributed by atoms with Gasteiger partial charge >= 0.3 is 0 Å². The first-order valence-electron chi connectivity index (χ1n) is 4.91. The lowest BCUT2D eigenvalue weighted by atomic mass is 10.1. The zero-order valence-electron chi connectivity index (χ0n) is 8.97. The lowest BCUT2D eigenvalue weighted by Crippen LogP contribution is -2.21. The summed E-state index contributed by atoms with van der Waals surface area (Å²) < 4.78 is 5.34. The molecule has 2 rings (SSSR count). The van der Waals surface area contributed by atoms with Crippen molar-refractivity contribution in [1.82, 2.24) is 0 Å². The maximum Gasteiger partial charge on any atom is 0.191 e. The minimum atomic E-state index is 0.0603. The number of aliphatic imine (C=N–C) groups is 1. The van der Waals surface area contributed by atoms with Gasteiger partial charge in [-0.2, -0.15) is 0 Å². The van der Waals surface area contributed by atoms with Crippen molar-refractivity contribution in [2.24, 2.45) is 16.5 Å². The number of furan rings is 1. The van der Waals surface area contributed by atoms with Crippen molar-refractivity contribution in [2.75, 3.05) is 0 Å². The second-order valence-corrected chi connectivity index (χ2v) is 3.51. The van der Waals surface area contributed by atoms with E-state index in [0.717, 1.165) is 22.6 Å². The first kappa shape index (κ1) is 10.3. The van der Waals surface area contributed by atoms with Crippen LogP contribution >= 0.6 is 0 Å². The highest BCUT2D eigenvalue weighted by Crippen LogP contribution is 2.27. The lowest BCUT2D eigenvalue weighted by Gasteiger charge is -2.03. The quantitative estimate of drug-likeness (QED) is 0.595. The molecule has 1 aromatic heterocycles. The van der Waals surface area contributed by atoms with Gasteiger partial charge in [0.05, 0.1) is 12.0 Å². The zero-order chi connectivity index (χ0) is 11.5. The predicted molar refractivity (Wildman–Crippen MR) is 64.4 cm³/mol. The molecule has 0 amide bonds. The summed E-state index contributed by atoms with van der Waals surface area (Å²) in [6.45, 7) is 1.99. The standard InChI is InChI=1S/C12H13N3O/c1-8-7-9(15-12(13)14)4-5-10(8)11-3-2-6-16-11/h2-7H,1H3,(H4,13,14,15). The Morgan fingerprint density at radius 2 is 2.06 bits per heavy atom. The molecular weight excluding hydrogens is 202 g/mol. The van der Waals surface area contributed by atoms with Gasteiger partial charge in [0.25, 0.3) is 0 Å². The van der Waals surface area contributed by atoms with Crippen molar-refractivity contribution < 1.29 is 4.42 Å². The van der Waals surface area contributed by atoms with E-state index in [-0.39, 0.29) is 5.96 Å².